The molecule has 1 heterocycles. The van der Waals surface area contributed by atoms with E-state index in [-0.39, 0.29) is 5.97 Å². The molecule has 0 unspecified atom stereocenters. The number of aryl methyl sites for hydroxylation is 1. The number of carbonyl (C=O) groups excluding carboxylic acids is 1. The van der Waals surface area contributed by atoms with Gasteiger partial charge in [-0.1, -0.05) is 0 Å². The van der Waals surface area contributed by atoms with Crippen molar-refractivity contribution in [1.82, 2.24) is 0 Å². The van der Waals surface area contributed by atoms with Crippen LogP contribution in [0.1, 0.15) is 18.9 Å². The molecule has 1 aliphatic rings. The summed E-state index contributed by atoms with van der Waals surface area (Å²) in [6.07, 6.45) is 1.13. The van der Waals surface area contributed by atoms with Crippen LogP contribution in [0.15, 0.2) is 18.2 Å². The number of benzene rings is 1. The Kier molecular flexibility index (Phi) is 3.68. The Hall–Kier alpha value is -0.780. The predicted octanol–water partition coefficient (Wildman–Crippen LogP) is 2.55. The minimum atomic E-state index is -0.437. The molecule has 0 saturated heterocycles. The monoisotopic (exact) mass is 332 g/mol. The summed E-state index contributed by atoms with van der Waals surface area (Å²) in [6, 6.07) is 5.99. The molecule has 0 saturated carbocycles. The van der Waals surface area contributed by atoms with Gasteiger partial charge in [-0.3, -0.25) is 0 Å². The zero-order valence-corrected chi connectivity index (χ0v) is 11.2. The van der Waals surface area contributed by atoms with Gasteiger partial charge in [0.05, 0.1) is 6.61 Å². The van der Waals surface area contributed by atoms with Gasteiger partial charge in [0, 0.05) is 3.57 Å². The molecule has 0 aromatic heterocycles. The lowest BCUT2D eigenvalue weighted by molar-refractivity contribution is -0.152. The van der Waals surface area contributed by atoms with Crippen LogP contribution in [-0.4, -0.2) is 18.7 Å². The molecular formula is C12H13IO3. The normalized spacial score (nSPS) is 18.5. The highest BCUT2D eigenvalue weighted by atomic mass is 127. The van der Waals surface area contributed by atoms with Crippen molar-refractivity contribution in [3.63, 3.8) is 0 Å². The molecule has 16 heavy (non-hydrogen) atoms. The number of hydrogen-bond donors (Lipinski definition) is 0. The molecule has 0 N–H and O–H groups in total. The summed E-state index contributed by atoms with van der Waals surface area (Å²) in [4.78, 5) is 11.5. The van der Waals surface area contributed by atoms with Crippen LogP contribution < -0.4 is 4.74 Å². The van der Waals surface area contributed by atoms with Crippen LogP contribution >= 0.6 is 22.6 Å². The van der Waals surface area contributed by atoms with Gasteiger partial charge in [0.1, 0.15) is 5.75 Å². The summed E-state index contributed by atoms with van der Waals surface area (Å²) >= 11 is 2.27. The highest BCUT2D eigenvalue weighted by Crippen LogP contribution is 2.29. The fourth-order valence-electron chi connectivity index (χ4n) is 1.76. The summed E-state index contributed by atoms with van der Waals surface area (Å²) in [5.74, 6) is 0.552. The van der Waals surface area contributed by atoms with Crippen molar-refractivity contribution in [3.05, 3.63) is 27.3 Å². The summed E-state index contributed by atoms with van der Waals surface area (Å²) < 4.78 is 11.8. The van der Waals surface area contributed by atoms with Crippen molar-refractivity contribution >= 4 is 28.6 Å². The fraction of sp³-hybridized carbons (Fsp3) is 0.417. The average molecular weight is 332 g/mol. The van der Waals surface area contributed by atoms with Crippen LogP contribution in [0.3, 0.4) is 0 Å². The minimum absolute atomic E-state index is 0.258. The highest BCUT2D eigenvalue weighted by Gasteiger charge is 2.27. The van der Waals surface area contributed by atoms with Gasteiger partial charge >= 0.3 is 5.97 Å². The van der Waals surface area contributed by atoms with Crippen molar-refractivity contribution in [3.8, 4) is 5.75 Å². The standard InChI is InChI=1S/C12H13IO3/c1-2-15-12(14)11-5-3-8-7-9(13)4-6-10(8)16-11/h4,6-7,11H,2-3,5H2,1H3/t11-/m1/s1. The van der Waals surface area contributed by atoms with Gasteiger partial charge < -0.3 is 9.47 Å². The highest BCUT2D eigenvalue weighted by molar-refractivity contribution is 14.1. The summed E-state index contributed by atoms with van der Waals surface area (Å²) in [6.45, 7) is 2.20. The summed E-state index contributed by atoms with van der Waals surface area (Å²) in [7, 11) is 0. The molecule has 1 atom stereocenters. The predicted molar refractivity (Wildman–Crippen MR) is 68.5 cm³/mol. The minimum Gasteiger partial charge on any atom is -0.478 e. The van der Waals surface area contributed by atoms with Gasteiger partial charge in [0.15, 0.2) is 6.10 Å². The summed E-state index contributed by atoms with van der Waals surface area (Å²) in [5, 5.41) is 0. The molecule has 0 fully saturated rings. The third-order valence-electron chi connectivity index (χ3n) is 2.52. The van der Waals surface area contributed by atoms with Crippen molar-refractivity contribution in [2.75, 3.05) is 6.61 Å². The van der Waals surface area contributed by atoms with E-state index in [1.165, 1.54) is 9.13 Å². The Bertz CT molecular complexity index is 403. The van der Waals surface area contributed by atoms with E-state index in [1.54, 1.807) is 6.92 Å². The van der Waals surface area contributed by atoms with E-state index in [0.29, 0.717) is 13.0 Å². The lowest BCUT2D eigenvalue weighted by Crippen LogP contribution is -2.32. The molecule has 0 radical (unpaired) electrons. The maximum Gasteiger partial charge on any atom is 0.347 e. The molecule has 0 bridgehead atoms. The first kappa shape index (κ1) is 11.7. The van der Waals surface area contributed by atoms with Gasteiger partial charge in [0.2, 0.25) is 0 Å². The van der Waals surface area contributed by atoms with Crippen LogP contribution in [0, 0.1) is 3.57 Å². The largest absolute Gasteiger partial charge is 0.478 e. The number of esters is 1. The van der Waals surface area contributed by atoms with Gasteiger partial charge in [-0.25, -0.2) is 4.79 Å². The van der Waals surface area contributed by atoms with E-state index >= 15 is 0 Å². The number of carbonyl (C=O) groups is 1. The van der Waals surface area contributed by atoms with E-state index < -0.39 is 6.10 Å². The van der Waals surface area contributed by atoms with Gasteiger partial charge in [-0.05, 0) is 66.1 Å². The van der Waals surface area contributed by atoms with Crippen LogP contribution in [0.5, 0.6) is 5.75 Å². The first-order chi connectivity index (χ1) is 7.70. The molecule has 1 aromatic rings. The Morgan fingerprint density at radius 1 is 1.62 bits per heavy atom. The maximum atomic E-state index is 11.5. The fourth-order valence-corrected chi connectivity index (χ4v) is 2.31. The molecule has 2 rings (SSSR count). The smallest absolute Gasteiger partial charge is 0.347 e. The molecular weight excluding hydrogens is 319 g/mol. The average Bonchev–Trinajstić information content (AvgIpc) is 2.28. The molecule has 0 spiro atoms. The van der Waals surface area contributed by atoms with Crippen molar-refractivity contribution in [1.29, 1.82) is 0 Å². The first-order valence-electron chi connectivity index (χ1n) is 5.32. The molecule has 0 aliphatic carbocycles. The Morgan fingerprint density at radius 3 is 3.19 bits per heavy atom. The number of fused-ring (bicyclic) bond motifs is 1. The van der Waals surface area contributed by atoms with E-state index in [2.05, 4.69) is 28.7 Å². The zero-order valence-electron chi connectivity index (χ0n) is 9.03. The number of hydrogen-bond acceptors (Lipinski definition) is 3. The molecule has 3 nitrogen and oxygen atoms in total. The summed E-state index contributed by atoms with van der Waals surface area (Å²) in [5.41, 5.74) is 1.17. The van der Waals surface area contributed by atoms with Crippen LogP contribution in [0.2, 0.25) is 0 Å². The third kappa shape index (κ3) is 2.48. The van der Waals surface area contributed by atoms with Crippen molar-refractivity contribution in [2.24, 2.45) is 0 Å². The van der Waals surface area contributed by atoms with E-state index in [9.17, 15) is 4.79 Å². The lowest BCUT2D eigenvalue weighted by Gasteiger charge is -2.24. The van der Waals surface area contributed by atoms with E-state index in [4.69, 9.17) is 9.47 Å². The molecule has 86 valence electrons. The SMILES string of the molecule is CCOC(=O)[C@H]1CCc2cc(I)ccc2O1. The number of rotatable bonds is 2. The molecule has 4 heteroatoms. The molecule has 1 aliphatic heterocycles. The zero-order chi connectivity index (χ0) is 11.5. The van der Waals surface area contributed by atoms with E-state index in [0.717, 1.165) is 12.2 Å². The quantitative estimate of drug-likeness (QED) is 0.617. The van der Waals surface area contributed by atoms with Gasteiger partial charge in [0.25, 0.3) is 0 Å². The van der Waals surface area contributed by atoms with Crippen LogP contribution in [0.4, 0.5) is 0 Å². The second-order valence-corrected chi connectivity index (χ2v) is 4.89. The first-order valence-corrected chi connectivity index (χ1v) is 6.40. The van der Waals surface area contributed by atoms with Crippen LogP contribution in [-0.2, 0) is 16.0 Å². The number of ether oxygens (including phenoxy) is 2. The second kappa shape index (κ2) is 5.03. The van der Waals surface area contributed by atoms with Crippen molar-refractivity contribution in [2.45, 2.75) is 25.9 Å². The lowest BCUT2D eigenvalue weighted by atomic mass is 10.0. The molecule has 0 amide bonds. The Morgan fingerprint density at radius 2 is 2.44 bits per heavy atom. The third-order valence-corrected chi connectivity index (χ3v) is 3.19. The maximum absolute atomic E-state index is 11.5. The topological polar surface area (TPSA) is 35.5 Å². The van der Waals surface area contributed by atoms with Crippen molar-refractivity contribution < 1.29 is 14.3 Å². The second-order valence-electron chi connectivity index (χ2n) is 3.65. The van der Waals surface area contributed by atoms with Crippen LogP contribution in [0.25, 0.3) is 0 Å². The van der Waals surface area contributed by atoms with E-state index in [1.807, 2.05) is 12.1 Å². The van der Waals surface area contributed by atoms with Gasteiger partial charge in [-0.2, -0.15) is 0 Å². The van der Waals surface area contributed by atoms with Gasteiger partial charge in [-0.15, -0.1) is 0 Å². The Balaban J connectivity index is 2.12. The molecule has 1 aromatic carbocycles. The number of halogens is 1. The Labute approximate surface area is 108 Å².